The van der Waals surface area contributed by atoms with Crippen LogP contribution in [0.25, 0.3) is 0 Å². The smallest absolute Gasteiger partial charge is 0.213 e. The lowest BCUT2D eigenvalue weighted by Crippen LogP contribution is -2.49. The summed E-state index contributed by atoms with van der Waals surface area (Å²) in [5.74, 6) is 2.46. The molecule has 1 saturated heterocycles. The molecular formula is C21H35NO2. The Morgan fingerprint density at radius 1 is 1.25 bits per heavy atom. The van der Waals surface area contributed by atoms with Crippen LogP contribution in [-0.4, -0.2) is 29.1 Å². The number of allylic oxidation sites excluding steroid dienone is 2. The van der Waals surface area contributed by atoms with Gasteiger partial charge in [0.15, 0.2) is 0 Å². The molecule has 0 spiro atoms. The third kappa shape index (κ3) is 2.23. The Morgan fingerprint density at radius 2 is 1.96 bits per heavy atom. The summed E-state index contributed by atoms with van der Waals surface area (Å²) in [4.78, 5) is 13.3. The summed E-state index contributed by atoms with van der Waals surface area (Å²) in [5.41, 5.74) is 1.59. The van der Waals surface area contributed by atoms with Crippen molar-refractivity contribution in [1.29, 1.82) is 0 Å². The van der Waals surface area contributed by atoms with E-state index < -0.39 is 0 Å². The fraction of sp³-hybridized carbons (Fsp3) is 0.857. The lowest BCUT2D eigenvalue weighted by Gasteiger charge is -2.54. The Hall–Kier alpha value is -0.830. The summed E-state index contributed by atoms with van der Waals surface area (Å²) in [5, 5.41) is 10.7. The third-order valence-electron chi connectivity index (χ3n) is 8.01. The van der Waals surface area contributed by atoms with Crippen LogP contribution in [0.5, 0.6) is 0 Å². The summed E-state index contributed by atoms with van der Waals surface area (Å²) in [7, 11) is 0. The molecule has 0 aromatic heterocycles. The van der Waals surface area contributed by atoms with Crippen molar-refractivity contribution in [3.8, 4) is 0 Å². The number of carbonyl (C=O) groups excluding carboxylic acids is 1. The maximum absolute atomic E-state index is 11.3. The fourth-order valence-corrected chi connectivity index (χ4v) is 6.76. The molecule has 1 N–H and O–H groups in total. The minimum absolute atomic E-state index is 0.116. The molecule has 0 radical (unpaired) electrons. The SMILES string of the molecule is CC.CC1CC2C3CC=C4N(C=O)CCC4(C)C3CCC2(C)C1O. The van der Waals surface area contributed by atoms with Gasteiger partial charge < -0.3 is 10.0 Å². The first-order valence-electron chi connectivity index (χ1n) is 10.0. The molecule has 4 aliphatic rings. The first-order valence-corrected chi connectivity index (χ1v) is 10.0. The van der Waals surface area contributed by atoms with Crippen molar-refractivity contribution in [3.63, 3.8) is 0 Å². The molecule has 4 rings (SSSR count). The van der Waals surface area contributed by atoms with Gasteiger partial charge in [0.1, 0.15) is 0 Å². The van der Waals surface area contributed by atoms with Gasteiger partial charge in [-0.3, -0.25) is 4.79 Å². The van der Waals surface area contributed by atoms with Gasteiger partial charge in [0.05, 0.1) is 6.10 Å². The van der Waals surface area contributed by atoms with E-state index in [1.807, 2.05) is 18.7 Å². The molecule has 0 aromatic rings. The maximum Gasteiger partial charge on any atom is 0.213 e. The van der Waals surface area contributed by atoms with Crippen molar-refractivity contribution < 1.29 is 9.90 Å². The standard InChI is InChI=1S/C19H29NO2.C2H6/c1-12-10-15-13-4-5-16-18(2,8-9-20(16)11-21)14(13)6-7-19(15,3)17(12)22;1-2/h5,11-15,17,22H,4,6-10H2,1-3H3;1-2H3. The zero-order valence-electron chi connectivity index (χ0n) is 16.1. The maximum atomic E-state index is 11.3. The minimum atomic E-state index is -0.133. The first kappa shape index (κ1) is 18.0. The van der Waals surface area contributed by atoms with Crippen LogP contribution in [0.4, 0.5) is 0 Å². The predicted molar refractivity (Wildman–Crippen MR) is 97.1 cm³/mol. The molecular weight excluding hydrogens is 298 g/mol. The van der Waals surface area contributed by atoms with E-state index in [4.69, 9.17) is 0 Å². The summed E-state index contributed by atoms with van der Waals surface area (Å²) < 4.78 is 0. The van der Waals surface area contributed by atoms with Crippen LogP contribution in [0.15, 0.2) is 11.8 Å². The van der Waals surface area contributed by atoms with E-state index in [0.717, 1.165) is 32.2 Å². The summed E-state index contributed by atoms with van der Waals surface area (Å²) in [6.45, 7) is 11.8. The van der Waals surface area contributed by atoms with Crippen LogP contribution in [0, 0.1) is 34.5 Å². The van der Waals surface area contributed by atoms with Gasteiger partial charge in [-0.1, -0.05) is 40.7 Å². The van der Waals surface area contributed by atoms with Crippen LogP contribution in [0.2, 0.25) is 0 Å². The highest BCUT2D eigenvalue weighted by atomic mass is 16.3. The topological polar surface area (TPSA) is 40.5 Å². The van der Waals surface area contributed by atoms with Gasteiger partial charge in [-0.15, -0.1) is 0 Å². The second-order valence-corrected chi connectivity index (χ2v) is 8.87. The molecule has 0 aromatic carbocycles. The highest BCUT2D eigenvalue weighted by Gasteiger charge is 2.60. The molecule has 24 heavy (non-hydrogen) atoms. The van der Waals surface area contributed by atoms with Gasteiger partial charge >= 0.3 is 0 Å². The summed E-state index contributed by atoms with van der Waals surface area (Å²) >= 11 is 0. The fourth-order valence-electron chi connectivity index (χ4n) is 6.76. The third-order valence-corrected chi connectivity index (χ3v) is 8.01. The Balaban J connectivity index is 0.000000815. The zero-order valence-corrected chi connectivity index (χ0v) is 16.1. The molecule has 7 atom stereocenters. The first-order chi connectivity index (χ1) is 11.4. The molecule has 2 saturated carbocycles. The van der Waals surface area contributed by atoms with Gasteiger partial charge in [0, 0.05) is 17.7 Å². The number of fused-ring (bicyclic) bond motifs is 5. The second kappa shape index (κ2) is 6.16. The number of nitrogens with zero attached hydrogens (tertiary/aromatic N) is 1. The zero-order chi connectivity index (χ0) is 17.7. The number of carbonyl (C=O) groups is 1. The molecule has 3 fully saturated rings. The molecule has 1 heterocycles. The number of amides is 1. The Labute approximate surface area is 147 Å². The van der Waals surface area contributed by atoms with Crippen molar-refractivity contribution in [2.45, 2.75) is 72.8 Å². The lowest BCUT2D eigenvalue weighted by molar-refractivity contribution is -0.116. The minimum Gasteiger partial charge on any atom is -0.392 e. The number of hydrogen-bond donors (Lipinski definition) is 1. The van der Waals surface area contributed by atoms with Gasteiger partial charge in [-0.25, -0.2) is 0 Å². The molecule has 3 nitrogen and oxygen atoms in total. The van der Waals surface area contributed by atoms with E-state index >= 15 is 0 Å². The quantitative estimate of drug-likeness (QED) is 0.730. The van der Waals surface area contributed by atoms with Gasteiger partial charge in [-0.2, -0.15) is 0 Å². The molecule has 0 bridgehead atoms. The van der Waals surface area contributed by atoms with E-state index in [-0.39, 0.29) is 16.9 Å². The van der Waals surface area contributed by atoms with Crippen LogP contribution in [-0.2, 0) is 4.79 Å². The van der Waals surface area contributed by atoms with Crippen LogP contribution < -0.4 is 0 Å². The van der Waals surface area contributed by atoms with Gasteiger partial charge in [0.25, 0.3) is 0 Å². The van der Waals surface area contributed by atoms with Gasteiger partial charge in [-0.05, 0) is 61.2 Å². The number of aliphatic hydroxyl groups excluding tert-OH is 1. The monoisotopic (exact) mass is 333 g/mol. The summed E-state index contributed by atoms with van der Waals surface area (Å²) in [6, 6.07) is 0. The van der Waals surface area contributed by atoms with Crippen molar-refractivity contribution in [1.82, 2.24) is 4.90 Å². The second-order valence-electron chi connectivity index (χ2n) is 8.87. The van der Waals surface area contributed by atoms with Crippen LogP contribution in [0.1, 0.15) is 66.7 Å². The molecule has 7 unspecified atom stereocenters. The van der Waals surface area contributed by atoms with Crippen LogP contribution in [0.3, 0.4) is 0 Å². The molecule has 136 valence electrons. The van der Waals surface area contributed by atoms with E-state index in [1.165, 1.54) is 18.5 Å². The number of likely N-dealkylation sites (tertiary alicyclic amines) is 1. The number of hydrogen-bond acceptors (Lipinski definition) is 2. The summed E-state index contributed by atoms with van der Waals surface area (Å²) in [6.07, 6.45) is 8.98. The van der Waals surface area contributed by atoms with E-state index in [2.05, 4.69) is 26.8 Å². The average molecular weight is 334 g/mol. The van der Waals surface area contributed by atoms with Crippen molar-refractivity contribution in [2.75, 3.05) is 6.54 Å². The molecule has 1 amide bonds. The van der Waals surface area contributed by atoms with Crippen LogP contribution >= 0.6 is 0 Å². The number of aliphatic hydroxyl groups is 1. The van der Waals surface area contributed by atoms with E-state index in [9.17, 15) is 9.90 Å². The Bertz CT molecular complexity index is 530. The largest absolute Gasteiger partial charge is 0.392 e. The van der Waals surface area contributed by atoms with E-state index in [0.29, 0.717) is 23.7 Å². The van der Waals surface area contributed by atoms with Gasteiger partial charge in [0.2, 0.25) is 6.41 Å². The molecule has 3 heteroatoms. The highest BCUT2D eigenvalue weighted by molar-refractivity contribution is 5.54. The highest BCUT2D eigenvalue weighted by Crippen LogP contribution is 2.65. The average Bonchev–Trinajstić information content (AvgIpc) is 3.05. The van der Waals surface area contributed by atoms with E-state index in [1.54, 1.807) is 0 Å². The predicted octanol–water partition coefficient (Wildman–Crippen LogP) is 4.22. The molecule has 3 aliphatic carbocycles. The normalized spacial score (nSPS) is 49.3. The van der Waals surface area contributed by atoms with Crippen molar-refractivity contribution >= 4 is 6.41 Å². The lowest BCUT2D eigenvalue weighted by atomic mass is 9.51. The Kier molecular flexibility index (Phi) is 4.61. The molecule has 1 aliphatic heterocycles. The Morgan fingerprint density at radius 3 is 2.62 bits per heavy atom. The number of rotatable bonds is 1. The van der Waals surface area contributed by atoms with Crippen molar-refractivity contribution in [3.05, 3.63) is 11.8 Å². The van der Waals surface area contributed by atoms with Crippen molar-refractivity contribution in [2.24, 2.45) is 34.5 Å².